The Morgan fingerprint density at radius 3 is 2.69 bits per heavy atom. The van der Waals surface area contributed by atoms with Crippen LogP contribution >= 0.6 is 0 Å². The third kappa shape index (κ3) is 4.79. The first-order chi connectivity index (χ1) is 20.5. The Hall–Kier alpha value is -3.98. The zero-order valence-corrected chi connectivity index (χ0v) is 23.7. The smallest absolute Gasteiger partial charge is 0.255 e. The molecule has 0 radical (unpaired) electrons. The predicted octanol–water partition coefficient (Wildman–Crippen LogP) is 3.10. The maximum absolute atomic E-state index is 13.2. The SMILES string of the molecule is N=C/C(=C\NC[C@H]1C[C@@H]1c1ccccc1)CN1CCC2(CC1)COc1c2ccc2c1CN([C@H]1CCC(=O)NC1=O)C2=O. The second-order valence-corrected chi connectivity index (χ2v) is 12.5. The molecule has 2 aromatic rings. The van der Waals surface area contributed by atoms with Crippen LogP contribution in [0.25, 0.3) is 0 Å². The summed E-state index contributed by atoms with van der Waals surface area (Å²) in [6.07, 6.45) is 7.18. The van der Waals surface area contributed by atoms with E-state index in [9.17, 15) is 14.4 Å². The number of nitrogens with zero attached hydrogens (tertiary/aromatic N) is 2. The molecule has 1 spiro atoms. The van der Waals surface area contributed by atoms with Gasteiger partial charge in [-0.3, -0.25) is 24.6 Å². The Morgan fingerprint density at radius 1 is 1.12 bits per heavy atom. The van der Waals surface area contributed by atoms with Crippen LogP contribution in [-0.2, 0) is 21.5 Å². The zero-order valence-electron chi connectivity index (χ0n) is 23.7. The molecule has 0 aromatic heterocycles. The van der Waals surface area contributed by atoms with Crippen LogP contribution in [0.5, 0.6) is 5.75 Å². The standard InChI is InChI=1S/C33H37N5O4/c34-15-21(16-35-17-23-14-25(23)22-4-2-1-3-5-22)18-37-12-10-33(11-13-37)20-42-30-26-19-38(28-8-9-29(39)36-31(28)40)32(41)24(26)6-7-27(30)33/h1-7,15-16,23,25,28,34-35H,8-14,17-20H2,(H,36,39,40)/b21-16+,34-15?/t23-,25-,28+/m1/s1. The first-order valence-corrected chi connectivity index (χ1v) is 15.1. The molecule has 3 fully saturated rings. The van der Waals surface area contributed by atoms with Gasteiger partial charge in [-0.2, -0.15) is 0 Å². The molecule has 1 saturated carbocycles. The number of carbonyl (C=O) groups is 3. The van der Waals surface area contributed by atoms with Crippen LogP contribution in [0.2, 0.25) is 0 Å². The van der Waals surface area contributed by atoms with Crippen LogP contribution in [0.4, 0.5) is 0 Å². The fourth-order valence-corrected chi connectivity index (χ4v) is 7.35. The summed E-state index contributed by atoms with van der Waals surface area (Å²) in [5.74, 6) is 1.26. The Morgan fingerprint density at radius 2 is 1.93 bits per heavy atom. The quantitative estimate of drug-likeness (QED) is 0.334. The maximum atomic E-state index is 13.2. The van der Waals surface area contributed by atoms with E-state index < -0.39 is 11.9 Å². The minimum Gasteiger partial charge on any atom is -0.492 e. The minimum atomic E-state index is -0.628. The lowest BCUT2D eigenvalue weighted by Crippen LogP contribution is -2.52. The number of hydrogen-bond donors (Lipinski definition) is 3. The number of carbonyl (C=O) groups excluding carboxylic acids is 3. The molecule has 2 saturated heterocycles. The lowest BCUT2D eigenvalue weighted by Gasteiger charge is -2.38. The average Bonchev–Trinajstić information content (AvgIpc) is 3.59. The van der Waals surface area contributed by atoms with Crippen molar-refractivity contribution in [2.45, 2.75) is 56.0 Å². The van der Waals surface area contributed by atoms with Gasteiger partial charge in [0.1, 0.15) is 11.8 Å². The third-order valence-corrected chi connectivity index (χ3v) is 9.95. The molecule has 4 aliphatic heterocycles. The summed E-state index contributed by atoms with van der Waals surface area (Å²) >= 11 is 0. The number of likely N-dealkylation sites (tertiary alicyclic amines) is 1. The van der Waals surface area contributed by atoms with E-state index in [0.29, 0.717) is 37.0 Å². The van der Waals surface area contributed by atoms with Gasteiger partial charge in [-0.1, -0.05) is 36.4 Å². The summed E-state index contributed by atoms with van der Waals surface area (Å²) in [6, 6.07) is 14.0. The Balaban J connectivity index is 0.958. The topological polar surface area (TPSA) is 115 Å². The van der Waals surface area contributed by atoms with E-state index in [2.05, 4.69) is 51.9 Å². The molecule has 42 heavy (non-hydrogen) atoms. The van der Waals surface area contributed by atoms with Crippen molar-refractivity contribution in [1.29, 1.82) is 5.41 Å². The summed E-state index contributed by atoms with van der Waals surface area (Å²) in [6.45, 7) is 4.42. The number of nitrogens with one attached hydrogen (secondary N) is 3. The molecule has 0 bridgehead atoms. The molecule has 9 nitrogen and oxygen atoms in total. The van der Waals surface area contributed by atoms with Gasteiger partial charge in [0.25, 0.3) is 5.91 Å². The first-order valence-electron chi connectivity index (χ1n) is 15.1. The van der Waals surface area contributed by atoms with Crippen molar-refractivity contribution in [1.82, 2.24) is 20.4 Å². The molecular formula is C33H37N5O4. The summed E-state index contributed by atoms with van der Waals surface area (Å²) in [5.41, 5.74) is 4.95. The summed E-state index contributed by atoms with van der Waals surface area (Å²) < 4.78 is 6.31. The van der Waals surface area contributed by atoms with Gasteiger partial charge in [0.05, 0.1) is 13.2 Å². The van der Waals surface area contributed by atoms with Crippen molar-refractivity contribution < 1.29 is 19.1 Å². The Bertz CT molecular complexity index is 1460. The van der Waals surface area contributed by atoms with Crippen molar-refractivity contribution in [3.8, 4) is 5.75 Å². The molecule has 5 aliphatic rings. The second kappa shape index (κ2) is 10.7. The van der Waals surface area contributed by atoms with E-state index in [1.54, 1.807) is 4.90 Å². The highest BCUT2D eigenvalue weighted by molar-refractivity contribution is 6.05. The highest BCUT2D eigenvalue weighted by atomic mass is 16.5. The number of ether oxygens (including phenoxy) is 1. The van der Waals surface area contributed by atoms with E-state index in [1.807, 2.05) is 12.3 Å². The van der Waals surface area contributed by atoms with Gasteiger partial charge in [-0.15, -0.1) is 0 Å². The molecule has 1 aliphatic carbocycles. The highest BCUT2D eigenvalue weighted by Crippen LogP contribution is 2.50. The number of imide groups is 1. The normalized spacial score (nSPS) is 26.5. The van der Waals surface area contributed by atoms with Crippen LogP contribution < -0.4 is 15.4 Å². The number of piperidine rings is 2. The monoisotopic (exact) mass is 567 g/mol. The fourth-order valence-electron chi connectivity index (χ4n) is 7.35. The van der Waals surface area contributed by atoms with Crippen molar-refractivity contribution >= 4 is 23.9 Å². The van der Waals surface area contributed by atoms with Gasteiger partial charge < -0.3 is 20.4 Å². The first kappa shape index (κ1) is 26.9. The fraction of sp³-hybridized carbons (Fsp3) is 0.455. The maximum Gasteiger partial charge on any atom is 0.255 e. The van der Waals surface area contributed by atoms with E-state index in [1.165, 1.54) is 23.8 Å². The Labute approximate surface area is 245 Å². The van der Waals surface area contributed by atoms with Gasteiger partial charge in [0, 0.05) is 54.0 Å². The van der Waals surface area contributed by atoms with E-state index in [0.717, 1.165) is 55.9 Å². The molecule has 218 valence electrons. The minimum absolute atomic E-state index is 0.0861. The van der Waals surface area contributed by atoms with Crippen molar-refractivity contribution in [2.75, 3.05) is 32.8 Å². The van der Waals surface area contributed by atoms with Crippen LogP contribution in [0.3, 0.4) is 0 Å². The molecule has 0 unspecified atom stereocenters. The molecular weight excluding hydrogens is 530 g/mol. The molecule has 3 N–H and O–H groups in total. The molecule has 3 atom stereocenters. The van der Waals surface area contributed by atoms with Gasteiger partial charge in [0.15, 0.2) is 0 Å². The number of benzene rings is 2. The molecule has 2 aromatic carbocycles. The molecule has 7 rings (SSSR count). The number of fused-ring (bicyclic) bond motifs is 4. The second-order valence-electron chi connectivity index (χ2n) is 12.5. The lowest BCUT2D eigenvalue weighted by atomic mass is 9.74. The van der Waals surface area contributed by atoms with Gasteiger partial charge in [-0.25, -0.2) is 0 Å². The number of amides is 3. The largest absolute Gasteiger partial charge is 0.492 e. The van der Waals surface area contributed by atoms with Crippen molar-refractivity contribution in [3.63, 3.8) is 0 Å². The summed E-state index contributed by atoms with van der Waals surface area (Å²) in [4.78, 5) is 41.3. The average molecular weight is 568 g/mol. The van der Waals surface area contributed by atoms with Crippen molar-refractivity contribution in [2.24, 2.45) is 5.92 Å². The van der Waals surface area contributed by atoms with E-state index in [-0.39, 0.29) is 23.7 Å². The highest BCUT2D eigenvalue weighted by Gasteiger charge is 2.47. The van der Waals surface area contributed by atoms with Gasteiger partial charge >= 0.3 is 0 Å². The van der Waals surface area contributed by atoms with Gasteiger partial charge in [-0.05, 0) is 67.8 Å². The van der Waals surface area contributed by atoms with E-state index in [4.69, 9.17) is 10.1 Å². The van der Waals surface area contributed by atoms with Crippen LogP contribution in [0.1, 0.15) is 65.1 Å². The van der Waals surface area contributed by atoms with Crippen LogP contribution in [-0.4, -0.2) is 72.6 Å². The molecule has 3 amide bonds. The molecule has 4 heterocycles. The summed E-state index contributed by atoms with van der Waals surface area (Å²) in [5, 5.41) is 13.8. The summed E-state index contributed by atoms with van der Waals surface area (Å²) in [7, 11) is 0. The third-order valence-electron chi connectivity index (χ3n) is 9.95. The lowest BCUT2D eigenvalue weighted by molar-refractivity contribution is -0.136. The Kier molecular flexibility index (Phi) is 6.85. The zero-order chi connectivity index (χ0) is 28.8. The number of hydrogen-bond acceptors (Lipinski definition) is 7. The van der Waals surface area contributed by atoms with Gasteiger partial charge in [0.2, 0.25) is 11.8 Å². The van der Waals surface area contributed by atoms with E-state index >= 15 is 0 Å². The van der Waals surface area contributed by atoms with Crippen LogP contribution in [0.15, 0.2) is 54.2 Å². The molecule has 9 heteroatoms. The predicted molar refractivity (Wildman–Crippen MR) is 157 cm³/mol. The number of rotatable bonds is 8. The van der Waals surface area contributed by atoms with Crippen LogP contribution in [0, 0.1) is 11.3 Å². The van der Waals surface area contributed by atoms with Crippen molar-refractivity contribution in [3.05, 3.63) is 76.5 Å².